The van der Waals surface area contributed by atoms with Gasteiger partial charge in [0.1, 0.15) is 6.04 Å². The third kappa shape index (κ3) is 2.63. The van der Waals surface area contributed by atoms with Crippen LogP contribution < -0.4 is 0 Å². The number of nitrogens with zero attached hydrogens (tertiary/aromatic N) is 1. The predicted octanol–water partition coefficient (Wildman–Crippen LogP) is 2.64. The molecule has 19 heavy (non-hydrogen) atoms. The van der Waals surface area contributed by atoms with E-state index < -0.39 is 12.0 Å². The Kier molecular flexibility index (Phi) is 3.90. The Labute approximate surface area is 113 Å². The second kappa shape index (κ2) is 5.45. The van der Waals surface area contributed by atoms with E-state index in [1.807, 2.05) is 18.1 Å². The van der Waals surface area contributed by atoms with Crippen LogP contribution >= 0.6 is 0 Å². The monoisotopic (exact) mass is 260 g/mol. The molecule has 0 aliphatic rings. The van der Waals surface area contributed by atoms with Crippen molar-refractivity contribution >= 4 is 16.9 Å². The lowest BCUT2D eigenvalue weighted by Crippen LogP contribution is -2.35. The summed E-state index contributed by atoms with van der Waals surface area (Å²) in [5.41, 5.74) is 3.59. The van der Waals surface area contributed by atoms with Gasteiger partial charge in [0.2, 0.25) is 0 Å². The number of aliphatic carboxylic acids is 1. The van der Waals surface area contributed by atoms with Crippen LogP contribution in [0, 0.1) is 0 Å². The summed E-state index contributed by atoms with van der Waals surface area (Å²) in [6.45, 7) is 4.46. The first-order valence-electron chi connectivity index (χ1n) is 6.55. The van der Waals surface area contributed by atoms with E-state index in [0.717, 1.165) is 17.5 Å². The molecular formula is C15H20N2O2. The van der Waals surface area contributed by atoms with Crippen LogP contribution in [0.5, 0.6) is 0 Å². The summed E-state index contributed by atoms with van der Waals surface area (Å²) in [5.74, 6) is -0.795. The van der Waals surface area contributed by atoms with E-state index in [0.29, 0.717) is 6.54 Å². The van der Waals surface area contributed by atoms with E-state index in [4.69, 9.17) is 5.11 Å². The van der Waals surface area contributed by atoms with Gasteiger partial charge in [-0.15, -0.1) is 0 Å². The number of benzene rings is 1. The van der Waals surface area contributed by atoms with Gasteiger partial charge in [0, 0.05) is 23.6 Å². The molecule has 0 radical (unpaired) electrons. The summed E-state index contributed by atoms with van der Waals surface area (Å²) < 4.78 is 0. The normalized spacial score (nSPS) is 13.1. The zero-order chi connectivity index (χ0) is 14.0. The molecule has 0 saturated heterocycles. The van der Waals surface area contributed by atoms with Crippen molar-refractivity contribution in [1.82, 2.24) is 9.88 Å². The van der Waals surface area contributed by atoms with Crippen molar-refractivity contribution < 1.29 is 9.90 Å². The molecule has 2 N–H and O–H groups in total. The van der Waals surface area contributed by atoms with Crippen LogP contribution in [-0.2, 0) is 17.8 Å². The Balaban J connectivity index is 2.29. The van der Waals surface area contributed by atoms with Gasteiger partial charge in [0.15, 0.2) is 0 Å². The van der Waals surface area contributed by atoms with E-state index in [1.165, 1.54) is 10.9 Å². The summed E-state index contributed by atoms with van der Waals surface area (Å²) >= 11 is 0. The molecule has 0 aliphatic carbocycles. The lowest BCUT2D eigenvalue weighted by molar-refractivity contribution is -0.142. The summed E-state index contributed by atoms with van der Waals surface area (Å²) in [6, 6.07) is 5.77. The zero-order valence-corrected chi connectivity index (χ0v) is 11.6. The number of carboxylic acid groups (broad SMARTS) is 1. The van der Waals surface area contributed by atoms with Crippen LogP contribution in [0.4, 0.5) is 0 Å². The third-order valence-corrected chi connectivity index (χ3v) is 3.71. The van der Waals surface area contributed by atoms with Crippen molar-refractivity contribution in [2.45, 2.75) is 32.9 Å². The van der Waals surface area contributed by atoms with E-state index >= 15 is 0 Å². The highest BCUT2D eigenvalue weighted by molar-refractivity contribution is 5.86. The number of H-pyrrole nitrogens is 1. The van der Waals surface area contributed by atoms with E-state index in [-0.39, 0.29) is 0 Å². The molecule has 1 atom stereocenters. The minimum atomic E-state index is -0.795. The van der Waals surface area contributed by atoms with Crippen molar-refractivity contribution in [3.63, 3.8) is 0 Å². The maximum Gasteiger partial charge on any atom is 0.320 e. The van der Waals surface area contributed by atoms with Crippen LogP contribution in [0.15, 0.2) is 24.4 Å². The molecule has 2 aromatic rings. The smallest absolute Gasteiger partial charge is 0.320 e. The second-order valence-corrected chi connectivity index (χ2v) is 4.94. The molecule has 0 spiro atoms. The lowest BCUT2D eigenvalue weighted by atomic mass is 10.1. The maximum atomic E-state index is 11.0. The number of hydrogen-bond acceptors (Lipinski definition) is 2. The van der Waals surface area contributed by atoms with Gasteiger partial charge < -0.3 is 10.1 Å². The van der Waals surface area contributed by atoms with Crippen molar-refractivity contribution in [1.29, 1.82) is 0 Å². The molecule has 1 heterocycles. The van der Waals surface area contributed by atoms with Crippen molar-refractivity contribution in [2.75, 3.05) is 7.05 Å². The number of nitrogens with one attached hydrogen (secondary N) is 1. The molecule has 0 amide bonds. The Hall–Kier alpha value is -1.81. The molecule has 4 nitrogen and oxygen atoms in total. The number of carboxylic acids is 1. The predicted molar refractivity (Wildman–Crippen MR) is 76.2 cm³/mol. The number of aryl methyl sites for hydroxylation is 1. The standard InChI is InChI=1S/C15H20N2O2/c1-4-11-6-5-7-13-12(8-16-14(11)13)9-17(3)10(2)15(18)19/h5-8,10,16H,4,9H2,1-3H3,(H,18,19). The molecule has 2 rings (SSSR count). The number of aromatic nitrogens is 1. The summed E-state index contributed by atoms with van der Waals surface area (Å²) in [4.78, 5) is 16.1. The molecular weight excluding hydrogens is 240 g/mol. The fourth-order valence-electron chi connectivity index (χ4n) is 2.29. The topological polar surface area (TPSA) is 56.3 Å². The van der Waals surface area contributed by atoms with Crippen LogP contribution in [-0.4, -0.2) is 34.0 Å². The van der Waals surface area contributed by atoms with Gasteiger partial charge >= 0.3 is 5.97 Å². The molecule has 0 fully saturated rings. The number of hydrogen-bond donors (Lipinski definition) is 2. The number of rotatable bonds is 5. The maximum absolute atomic E-state index is 11.0. The summed E-state index contributed by atoms with van der Waals surface area (Å²) in [5, 5.41) is 10.2. The Morgan fingerprint density at radius 1 is 1.42 bits per heavy atom. The number of fused-ring (bicyclic) bond motifs is 1. The molecule has 0 aliphatic heterocycles. The first-order valence-corrected chi connectivity index (χ1v) is 6.55. The average molecular weight is 260 g/mol. The van der Waals surface area contributed by atoms with Crippen LogP contribution in [0.25, 0.3) is 10.9 Å². The Bertz CT molecular complexity index is 589. The van der Waals surface area contributed by atoms with Gasteiger partial charge in [-0.05, 0) is 31.5 Å². The van der Waals surface area contributed by atoms with Gasteiger partial charge in [-0.25, -0.2) is 0 Å². The first-order chi connectivity index (χ1) is 9.04. The van der Waals surface area contributed by atoms with Gasteiger partial charge in [0.05, 0.1) is 0 Å². The highest BCUT2D eigenvalue weighted by Crippen LogP contribution is 2.23. The van der Waals surface area contributed by atoms with Crippen LogP contribution in [0.1, 0.15) is 25.0 Å². The lowest BCUT2D eigenvalue weighted by Gasteiger charge is -2.20. The fraction of sp³-hybridized carbons (Fsp3) is 0.400. The van der Waals surface area contributed by atoms with Crippen LogP contribution in [0.2, 0.25) is 0 Å². The van der Waals surface area contributed by atoms with E-state index in [2.05, 4.69) is 30.1 Å². The van der Waals surface area contributed by atoms with Crippen molar-refractivity contribution in [3.8, 4) is 0 Å². The minimum Gasteiger partial charge on any atom is -0.480 e. The van der Waals surface area contributed by atoms with E-state index in [1.54, 1.807) is 6.92 Å². The van der Waals surface area contributed by atoms with Gasteiger partial charge in [-0.1, -0.05) is 25.1 Å². The number of aromatic amines is 1. The number of likely N-dealkylation sites (N-methyl/N-ethyl adjacent to an activating group) is 1. The van der Waals surface area contributed by atoms with Crippen molar-refractivity contribution in [3.05, 3.63) is 35.5 Å². The summed E-state index contributed by atoms with van der Waals surface area (Å²) in [7, 11) is 1.83. The quantitative estimate of drug-likeness (QED) is 0.869. The van der Waals surface area contributed by atoms with Gasteiger partial charge in [-0.3, -0.25) is 9.69 Å². The average Bonchev–Trinajstić information content (AvgIpc) is 2.80. The van der Waals surface area contributed by atoms with Gasteiger partial charge in [0.25, 0.3) is 0 Å². The third-order valence-electron chi connectivity index (χ3n) is 3.71. The minimum absolute atomic E-state index is 0.487. The van der Waals surface area contributed by atoms with Gasteiger partial charge in [-0.2, -0.15) is 0 Å². The molecule has 1 aromatic carbocycles. The molecule has 0 bridgehead atoms. The molecule has 102 valence electrons. The zero-order valence-electron chi connectivity index (χ0n) is 11.6. The Morgan fingerprint density at radius 3 is 2.79 bits per heavy atom. The number of carbonyl (C=O) groups is 1. The molecule has 1 unspecified atom stereocenters. The van der Waals surface area contributed by atoms with Crippen molar-refractivity contribution in [2.24, 2.45) is 0 Å². The largest absolute Gasteiger partial charge is 0.480 e. The van der Waals surface area contributed by atoms with Crippen LogP contribution in [0.3, 0.4) is 0 Å². The fourth-order valence-corrected chi connectivity index (χ4v) is 2.29. The summed E-state index contributed by atoms with van der Waals surface area (Å²) in [6.07, 6.45) is 2.97. The number of para-hydroxylation sites is 1. The molecule has 4 heteroatoms. The SMILES string of the molecule is CCc1cccc2c(CN(C)C(C)C(=O)O)c[nH]c12. The second-order valence-electron chi connectivity index (χ2n) is 4.94. The molecule has 0 saturated carbocycles. The van der Waals surface area contributed by atoms with E-state index in [9.17, 15) is 4.79 Å². The Morgan fingerprint density at radius 2 is 2.16 bits per heavy atom. The molecule has 1 aromatic heterocycles. The highest BCUT2D eigenvalue weighted by Gasteiger charge is 2.18. The highest BCUT2D eigenvalue weighted by atomic mass is 16.4. The first kappa shape index (κ1) is 13.6.